The Bertz CT molecular complexity index is 696. The second kappa shape index (κ2) is 6.04. The van der Waals surface area contributed by atoms with E-state index >= 15 is 0 Å². The van der Waals surface area contributed by atoms with Gasteiger partial charge in [-0.3, -0.25) is 0 Å². The molecular formula is C13H20N2O4S2. The summed E-state index contributed by atoms with van der Waals surface area (Å²) in [6, 6.07) is 5.86. The Morgan fingerprint density at radius 1 is 1.19 bits per heavy atom. The van der Waals surface area contributed by atoms with Gasteiger partial charge < -0.3 is 5.73 Å². The van der Waals surface area contributed by atoms with Gasteiger partial charge in [-0.25, -0.2) is 16.8 Å². The number of sulfonamides is 1. The van der Waals surface area contributed by atoms with E-state index in [4.69, 9.17) is 5.73 Å². The molecule has 118 valence electrons. The number of hydrogen-bond donors (Lipinski definition) is 1. The van der Waals surface area contributed by atoms with E-state index in [9.17, 15) is 16.8 Å². The number of benzene rings is 1. The van der Waals surface area contributed by atoms with Gasteiger partial charge >= 0.3 is 0 Å². The third-order valence-electron chi connectivity index (χ3n) is 3.41. The molecule has 0 bridgehead atoms. The van der Waals surface area contributed by atoms with Gasteiger partial charge in [-0.1, -0.05) is 12.1 Å². The minimum Gasteiger partial charge on any atom is -0.327 e. The van der Waals surface area contributed by atoms with Crippen LogP contribution in [0.2, 0.25) is 0 Å². The van der Waals surface area contributed by atoms with Gasteiger partial charge in [0.1, 0.15) is 0 Å². The number of nitrogens with two attached hydrogens (primary N) is 1. The van der Waals surface area contributed by atoms with Gasteiger partial charge in [-0.15, -0.1) is 0 Å². The maximum absolute atomic E-state index is 12.5. The highest BCUT2D eigenvalue weighted by Crippen LogP contribution is 2.21. The molecule has 6 nitrogen and oxygen atoms in total. The normalized spacial score (nSPS) is 21.3. The number of nitrogens with zero attached hydrogens (tertiary/aromatic N) is 1. The quantitative estimate of drug-likeness (QED) is 0.857. The van der Waals surface area contributed by atoms with Crippen molar-refractivity contribution in [3.05, 3.63) is 29.8 Å². The third kappa shape index (κ3) is 4.26. The summed E-state index contributed by atoms with van der Waals surface area (Å²) in [5.41, 5.74) is 6.40. The van der Waals surface area contributed by atoms with Crippen LogP contribution in [0.15, 0.2) is 29.2 Å². The summed E-state index contributed by atoms with van der Waals surface area (Å²) in [6.45, 7) is 0.800. The van der Waals surface area contributed by atoms with E-state index in [0.717, 1.165) is 19.1 Å². The Hall–Kier alpha value is -0.960. The summed E-state index contributed by atoms with van der Waals surface area (Å²) < 4.78 is 48.8. The van der Waals surface area contributed by atoms with Crippen LogP contribution < -0.4 is 5.73 Å². The predicted molar refractivity (Wildman–Crippen MR) is 81.0 cm³/mol. The van der Waals surface area contributed by atoms with E-state index in [1.165, 1.54) is 28.6 Å². The number of hydrogen-bond acceptors (Lipinski definition) is 5. The molecule has 0 amide bonds. The average molecular weight is 332 g/mol. The zero-order chi connectivity index (χ0) is 15.7. The second-order valence-corrected chi connectivity index (χ2v) is 9.56. The van der Waals surface area contributed by atoms with Crippen LogP contribution in [0.1, 0.15) is 18.4 Å². The van der Waals surface area contributed by atoms with Crippen LogP contribution in [0.25, 0.3) is 0 Å². The van der Waals surface area contributed by atoms with Crippen molar-refractivity contribution in [2.45, 2.75) is 29.5 Å². The lowest BCUT2D eigenvalue weighted by molar-refractivity contribution is 0.316. The smallest absolute Gasteiger partial charge is 0.243 e. The summed E-state index contributed by atoms with van der Waals surface area (Å²) in [4.78, 5) is 0.175. The molecule has 1 unspecified atom stereocenters. The van der Waals surface area contributed by atoms with E-state index in [-0.39, 0.29) is 16.7 Å². The maximum Gasteiger partial charge on any atom is 0.243 e. The van der Waals surface area contributed by atoms with E-state index in [1.807, 2.05) is 0 Å². The topological polar surface area (TPSA) is 97.5 Å². The van der Waals surface area contributed by atoms with Gasteiger partial charge in [0.05, 0.1) is 10.6 Å². The number of piperidine rings is 1. The van der Waals surface area contributed by atoms with Crippen LogP contribution in [-0.2, 0) is 25.6 Å². The SMILES string of the molecule is CS(=O)(=O)Cc1ccc(S(=O)(=O)N2CCCC(N)C2)cc1. The molecule has 1 aromatic rings. The Morgan fingerprint density at radius 3 is 2.33 bits per heavy atom. The molecule has 1 heterocycles. The summed E-state index contributed by atoms with van der Waals surface area (Å²) in [6.07, 6.45) is 2.73. The molecule has 0 saturated carbocycles. The average Bonchev–Trinajstić information content (AvgIpc) is 2.37. The van der Waals surface area contributed by atoms with E-state index in [1.54, 1.807) is 0 Å². The minimum atomic E-state index is -3.55. The van der Waals surface area contributed by atoms with Crippen molar-refractivity contribution < 1.29 is 16.8 Å². The number of rotatable bonds is 4. The Kier molecular flexibility index (Phi) is 4.72. The van der Waals surface area contributed by atoms with E-state index < -0.39 is 19.9 Å². The second-order valence-electron chi connectivity index (χ2n) is 5.48. The molecule has 8 heteroatoms. The monoisotopic (exact) mass is 332 g/mol. The molecule has 1 aliphatic heterocycles. The van der Waals surface area contributed by atoms with Crippen LogP contribution in [0.5, 0.6) is 0 Å². The zero-order valence-electron chi connectivity index (χ0n) is 11.9. The number of sulfone groups is 1. The summed E-state index contributed by atoms with van der Waals surface area (Å²) >= 11 is 0. The molecule has 0 aliphatic carbocycles. The van der Waals surface area contributed by atoms with Crippen molar-refractivity contribution >= 4 is 19.9 Å². The summed E-state index contributed by atoms with van der Waals surface area (Å²) in [5.74, 6) is -0.0953. The molecule has 21 heavy (non-hydrogen) atoms. The molecule has 1 atom stereocenters. The fourth-order valence-electron chi connectivity index (χ4n) is 2.40. The van der Waals surface area contributed by atoms with Crippen molar-refractivity contribution in [3.63, 3.8) is 0 Å². The maximum atomic E-state index is 12.5. The van der Waals surface area contributed by atoms with Crippen molar-refractivity contribution in [1.82, 2.24) is 4.31 Å². The molecule has 2 rings (SSSR count). The molecule has 2 N–H and O–H groups in total. The highest BCUT2D eigenvalue weighted by Gasteiger charge is 2.28. The van der Waals surface area contributed by atoms with E-state index in [0.29, 0.717) is 18.7 Å². The molecule has 1 fully saturated rings. The lowest BCUT2D eigenvalue weighted by Gasteiger charge is -2.29. The van der Waals surface area contributed by atoms with Crippen LogP contribution in [0.4, 0.5) is 0 Å². The fourth-order valence-corrected chi connectivity index (χ4v) is 4.74. The molecule has 1 aromatic carbocycles. The van der Waals surface area contributed by atoms with Crippen molar-refractivity contribution in [2.75, 3.05) is 19.3 Å². The summed E-state index contributed by atoms with van der Waals surface area (Å²) in [5, 5.41) is 0. The highest BCUT2D eigenvalue weighted by molar-refractivity contribution is 7.90. The van der Waals surface area contributed by atoms with Crippen LogP contribution in [0.3, 0.4) is 0 Å². The molecule has 1 saturated heterocycles. The van der Waals surface area contributed by atoms with Crippen LogP contribution in [0, 0.1) is 0 Å². The minimum absolute atomic E-state index is 0.0953. The standard InChI is InChI=1S/C13H20N2O4S2/c1-20(16,17)10-11-4-6-13(7-5-11)21(18,19)15-8-2-3-12(14)9-15/h4-7,12H,2-3,8-10,14H2,1H3. The zero-order valence-corrected chi connectivity index (χ0v) is 13.5. The van der Waals surface area contributed by atoms with Crippen molar-refractivity contribution in [2.24, 2.45) is 5.73 Å². The molecular weight excluding hydrogens is 312 g/mol. The van der Waals surface area contributed by atoms with Gasteiger partial charge in [-0.05, 0) is 30.5 Å². The first kappa shape index (κ1) is 16.4. The predicted octanol–water partition coefficient (Wildman–Crippen LogP) is 0.343. The van der Waals surface area contributed by atoms with E-state index in [2.05, 4.69) is 0 Å². The largest absolute Gasteiger partial charge is 0.327 e. The highest BCUT2D eigenvalue weighted by atomic mass is 32.2. The van der Waals surface area contributed by atoms with Crippen molar-refractivity contribution in [3.8, 4) is 0 Å². The van der Waals surface area contributed by atoms with Crippen molar-refractivity contribution in [1.29, 1.82) is 0 Å². The summed E-state index contributed by atoms with van der Waals surface area (Å²) in [7, 11) is -6.68. The molecule has 1 aliphatic rings. The molecule has 0 radical (unpaired) electrons. The Labute approximate surface area is 125 Å². The Morgan fingerprint density at radius 2 is 1.81 bits per heavy atom. The lowest BCUT2D eigenvalue weighted by Crippen LogP contribution is -2.45. The van der Waals surface area contributed by atoms with Gasteiger partial charge in [0.25, 0.3) is 0 Å². The van der Waals surface area contributed by atoms with Gasteiger partial charge in [0.15, 0.2) is 9.84 Å². The van der Waals surface area contributed by atoms with Gasteiger partial charge in [-0.2, -0.15) is 4.31 Å². The Balaban J connectivity index is 2.21. The molecule has 0 spiro atoms. The fraction of sp³-hybridized carbons (Fsp3) is 0.538. The van der Waals surface area contributed by atoms with Gasteiger partial charge in [0.2, 0.25) is 10.0 Å². The third-order valence-corrected chi connectivity index (χ3v) is 6.15. The van der Waals surface area contributed by atoms with Crippen LogP contribution in [-0.4, -0.2) is 46.5 Å². The van der Waals surface area contributed by atoms with Crippen LogP contribution >= 0.6 is 0 Å². The first-order valence-electron chi connectivity index (χ1n) is 6.71. The first-order valence-corrected chi connectivity index (χ1v) is 10.2. The lowest BCUT2D eigenvalue weighted by atomic mass is 10.1. The first-order chi connectivity index (χ1) is 9.68. The molecule has 0 aromatic heterocycles. The van der Waals surface area contributed by atoms with Gasteiger partial charge in [0, 0.05) is 25.4 Å².